The molecule has 0 N–H and O–H groups in total. The molecule has 2 aliphatic rings. The number of azide groups is 1. The number of aromatic nitrogens is 4. The highest BCUT2D eigenvalue weighted by Crippen LogP contribution is 2.44. The van der Waals surface area contributed by atoms with Crippen molar-refractivity contribution in [2.75, 3.05) is 39.6 Å². The van der Waals surface area contributed by atoms with E-state index in [1.54, 1.807) is 10.9 Å². The van der Waals surface area contributed by atoms with Crippen LogP contribution in [0, 0.1) is 0 Å². The van der Waals surface area contributed by atoms with Crippen molar-refractivity contribution in [3.05, 3.63) is 135 Å². The molecule has 0 saturated carbocycles. The summed E-state index contributed by atoms with van der Waals surface area (Å²) in [5, 5.41) is 3.45. The van der Waals surface area contributed by atoms with Crippen LogP contribution in [0.4, 0.5) is 5.95 Å². The van der Waals surface area contributed by atoms with Crippen molar-refractivity contribution in [1.29, 1.82) is 0 Å². The summed E-state index contributed by atoms with van der Waals surface area (Å²) in [6, 6.07) is 29.6. The monoisotopic (exact) mass is 777 g/mol. The largest absolute Gasteiger partial charge is 0.463 e. The Balaban J connectivity index is 1.20. The van der Waals surface area contributed by atoms with E-state index in [0.29, 0.717) is 13.1 Å². The van der Waals surface area contributed by atoms with Crippen LogP contribution in [0.5, 0.6) is 0 Å². The van der Waals surface area contributed by atoms with Crippen molar-refractivity contribution in [3.8, 4) is 0 Å². The first-order valence-electron chi connectivity index (χ1n) is 18.6. The van der Waals surface area contributed by atoms with Crippen LogP contribution in [-0.2, 0) is 52.8 Å². The summed E-state index contributed by atoms with van der Waals surface area (Å²) in [6.07, 6.45) is -0.254. The SMILES string of the molecule is CC(=O)OC[C@H]1O[C@@H](n2cnc3c(=O)n(CCOCCOCCN=[N+]=[N-])c(/N=C/N(Cc4ccccc4)Cc4ccccc4)nc32)[C@@H]2OC(c3ccccc3)O[C@@H]21. The van der Waals surface area contributed by atoms with Crippen molar-refractivity contribution in [2.45, 2.75) is 57.4 Å². The predicted octanol–water partition coefficient (Wildman–Crippen LogP) is 5.24. The molecule has 0 amide bonds. The van der Waals surface area contributed by atoms with Gasteiger partial charge in [-0.25, -0.2) is 9.98 Å². The van der Waals surface area contributed by atoms with Crippen molar-refractivity contribution in [2.24, 2.45) is 10.1 Å². The van der Waals surface area contributed by atoms with Gasteiger partial charge < -0.3 is 33.3 Å². The highest BCUT2D eigenvalue weighted by atomic mass is 16.8. The number of imidazole rings is 1. The Morgan fingerprint density at radius 2 is 1.54 bits per heavy atom. The molecule has 4 heterocycles. The molecule has 3 aromatic carbocycles. The number of benzene rings is 3. The molecule has 2 saturated heterocycles. The lowest BCUT2D eigenvalue weighted by Gasteiger charge is -2.21. The van der Waals surface area contributed by atoms with Gasteiger partial charge in [-0.05, 0) is 16.7 Å². The second kappa shape index (κ2) is 19.3. The zero-order valence-electron chi connectivity index (χ0n) is 31.4. The molecule has 17 nitrogen and oxygen atoms in total. The van der Waals surface area contributed by atoms with Gasteiger partial charge >= 0.3 is 5.97 Å². The quantitative estimate of drug-likeness (QED) is 0.0203. The topological polar surface area (TPSA) is 190 Å². The molecule has 0 aliphatic carbocycles. The van der Waals surface area contributed by atoms with Crippen LogP contribution in [0.1, 0.15) is 36.1 Å². The summed E-state index contributed by atoms with van der Waals surface area (Å²) in [7, 11) is 0. The number of rotatable bonds is 19. The number of aliphatic imine (C=N–C) groups is 1. The highest BCUT2D eigenvalue weighted by Gasteiger charge is 2.54. The molecule has 2 fully saturated rings. The molecule has 1 unspecified atom stereocenters. The summed E-state index contributed by atoms with van der Waals surface area (Å²) >= 11 is 0. The van der Waals surface area contributed by atoms with Crippen LogP contribution in [0.3, 0.4) is 0 Å². The molecule has 2 aromatic heterocycles. The van der Waals surface area contributed by atoms with Gasteiger partial charge in [-0.1, -0.05) is 96.1 Å². The smallest absolute Gasteiger partial charge is 0.302 e. The van der Waals surface area contributed by atoms with Gasteiger partial charge in [-0.3, -0.25) is 18.7 Å². The number of fused-ring (bicyclic) bond motifs is 2. The average Bonchev–Trinajstić information content (AvgIpc) is 3.95. The van der Waals surface area contributed by atoms with E-state index in [1.807, 2.05) is 95.9 Å². The van der Waals surface area contributed by atoms with Crippen molar-refractivity contribution >= 4 is 29.4 Å². The van der Waals surface area contributed by atoms with E-state index in [4.69, 9.17) is 43.9 Å². The van der Waals surface area contributed by atoms with Gasteiger partial charge in [0, 0.05) is 37.0 Å². The van der Waals surface area contributed by atoms with Gasteiger partial charge in [0.25, 0.3) is 5.56 Å². The molecule has 2 aliphatic heterocycles. The minimum atomic E-state index is -0.830. The summed E-state index contributed by atoms with van der Waals surface area (Å²) in [6.45, 7) is 3.71. The first-order chi connectivity index (χ1) is 28.0. The van der Waals surface area contributed by atoms with Crippen molar-refractivity contribution in [1.82, 2.24) is 24.0 Å². The Labute approximate surface area is 328 Å². The van der Waals surface area contributed by atoms with Crippen LogP contribution < -0.4 is 5.56 Å². The van der Waals surface area contributed by atoms with Gasteiger partial charge in [-0.15, -0.1) is 0 Å². The zero-order valence-corrected chi connectivity index (χ0v) is 31.4. The van der Waals surface area contributed by atoms with E-state index >= 15 is 0 Å². The summed E-state index contributed by atoms with van der Waals surface area (Å²) in [5.74, 6) is -0.323. The van der Waals surface area contributed by atoms with Gasteiger partial charge in [0.05, 0.1) is 45.6 Å². The lowest BCUT2D eigenvalue weighted by molar-refractivity contribution is -0.165. The maximum absolute atomic E-state index is 14.3. The summed E-state index contributed by atoms with van der Waals surface area (Å²) in [4.78, 5) is 45.1. The standard InChI is InChI=1S/C40H43N9O8/c1-28(50)54-25-32-34-35(57-39(56-34)31-15-9-4-10-16-31)38(55-32)49-27-42-33-36(49)45-40(48(37(33)51)18-20-53-22-21-52-19-17-44-46-41)43-26-47(23-29-11-5-2-6-12-29)24-30-13-7-3-8-14-30/h2-16,26-27,32,34-35,38-39H,17-25H2,1H3/b43-26+/t32-,34-,35-,38-,39?/m1/s1. The minimum absolute atomic E-state index is 0.0578. The maximum Gasteiger partial charge on any atom is 0.302 e. The van der Waals surface area contributed by atoms with Gasteiger partial charge in [-0.2, -0.15) is 4.98 Å². The molecule has 17 heteroatoms. The molecule has 296 valence electrons. The van der Waals surface area contributed by atoms with Gasteiger partial charge in [0.1, 0.15) is 24.9 Å². The highest BCUT2D eigenvalue weighted by molar-refractivity contribution is 5.72. The van der Waals surface area contributed by atoms with E-state index in [0.717, 1.165) is 16.7 Å². The Bertz CT molecular complexity index is 2170. The minimum Gasteiger partial charge on any atom is -0.463 e. The number of hydrogen-bond acceptors (Lipinski definition) is 12. The van der Waals surface area contributed by atoms with Crippen LogP contribution in [0.15, 0.2) is 112 Å². The molecule has 5 aromatic rings. The third-order valence-corrected chi connectivity index (χ3v) is 9.33. The fourth-order valence-electron chi connectivity index (χ4n) is 6.67. The van der Waals surface area contributed by atoms with Gasteiger partial charge in [0.15, 0.2) is 23.7 Å². The Kier molecular flexibility index (Phi) is 13.3. The second-order valence-corrected chi connectivity index (χ2v) is 13.3. The van der Waals surface area contributed by atoms with Crippen molar-refractivity contribution < 1.29 is 33.2 Å². The van der Waals surface area contributed by atoms with E-state index in [-0.39, 0.29) is 63.2 Å². The predicted molar refractivity (Wildman–Crippen MR) is 207 cm³/mol. The lowest BCUT2D eigenvalue weighted by Crippen LogP contribution is -2.32. The maximum atomic E-state index is 14.3. The van der Waals surface area contributed by atoms with E-state index in [1.165, 1.54) is 17.8 Å². The number of ether oxygens (including phenoxy) is 6. The average molecular weight is 778 g/mol. The third kappa shape index (κ3) is 9.90. The molecule has 7 rings (SSSR count). The molecule has 0 bridgehead atoms. The molecule has 57 heavy (non-hydrogen) atoms. The normalized spacial score (nSPS) is 20.1. The number of carbonyl (C=O) groups excluding carboxylic acids is 1. The van der Waals surface area contributed by atoms with E-state index < -0.39 is 42.4 Å². The second-order valence-electron chi connectivity index (χ2n) is 13.3. The first-order valence-corrected chi connectivity index (χ1v) is 18.6. The van der Waals surface area contributed by atoms with Crippen LogP contribution in [-0.4, -0.2) is 94.2 Å². The van der Waals surface area contributed by atoms with Crippen molar-refractivity contribution in [3.63, 3.8) is 0 Å². The third-order valence-electron chi connectivity index (χ3n) is 9.33. The zero-order chi connectivity index (χ0) is 39.4. The lowest BCUT2D eigenvalue weighted by atomic mass is 10.1. The van der Waals surface area contributed by atoms with Crippen LogP contribution in [0.25, 0.3) is 21.6 Å². The fraction of sp³-hybridized carbons (Fsp3) is 0.375. The first kappa shape index (κ1) is 39.3. The number of hydrogen-bond donors (Lipinski definition) is 0. The Morgan fingerprint density at radius 3 is 2.21 bits per heavy atom. The summed E-state index contributed by atoms with van der Waals surface area (Å²) < 4.78 is 38.9. The van der Waals surface area contributed by atoms with E-state index in [2.05, 4.69) is 15.0 Å². The van der Waals surface area contributed by atoms with Gasteiger partial charge in [0.2, 0.25) is 5.95 Å². The van der Waals surface area contributed by atoms with Crippen LogP contribution >= 0.6 is 0 Å². The molecular weight excluding hydrogens is 734 g/mol. The number of nitrogens with zero attached hydrogens (tertiary/aromatic N) is 9. The molecule has 0 radical (unpaired) electrons. The number of carbonyl (C=O) groups is 1. The number of esters is 1. The molecule has 0 spiro atoms. The van der Waals surface area contributed by atoms with E-state index in [9.17, 15) is 9.59 Å². The molecule has 5 atom stereocenters. The fourth-order valence-corrected chi connectivity index (χ4v) is 6.67. The molecular formula is C40H43N9O8. The summed E-state index contributed by atoms with van der Waals surface area (Å²) in [5.41, 5.74) is 11.3. The van der Waals surface area contributed by atoms with Crippen LogP contribution in [0.2, 0.25) is 0 Å². The Hall–Kier alpha value is -5.94. The Morgan fingerprint density at radius 1 is 0.895 bits per heavy atom.